The zero-order chi connectivity index (χ0) is 15.3. The molecule has 0 unspecified atom stereocenters. The third kappa shape index (κ3) is 1.68. The zero-order valence-electron chi connectivity index (χ0n) is 11.5. The number of aromatic amines is 1. The van der Waals surface area contributed by atoms with Crippen molar-refractivity contribution in [3.8, 4) is 17.2 Å². The van der Waals surface area contributed by atoms with Crippen LogP contribution in [0.3, 0.4) is 0 Å². The third-order valence-electron chi connectivity index (χ3n) is 3.72. The van der Waals surface area contributed by atoms with Gasteiger partial charge in [-0.25, -0.2) is 9.50 Å². The molecule has 0 spiro atoms. The van der Waals surface area contributed by atoms with Crippen LogP contribution in [-0.2, 0) is 0 Å². The summed E-state index contributed by atoms with van der Waals surface area (Å²) in [6.45, 7) is 2.01. The minimum atomic E-state index is 0.539. The molecule has 4 rings (SSSR count). The van der Waals surface area contributed by atoms with Gasteiger partial charge >= 0.3 is 0 Å². The lowest BCUT2D eigenvalue weighted by Gasteiger charge is -2.12. The minimum Gasteiger partial charge on any atom is -0.278 e. The molecule has 6 nitrogen and oxygen atoms in total. The average molecular weight is 353 g/mol. The second-order valence-electron chi connectivity index (χ2n) is 4.96. The highest BCUT2D eigenvalue weighted by atomic mass is 79.9. The summed E-state index contributed by atoms with van der Waals surface area (Å²) in [5.74, 6) is 0. The number of aromatic nitrogens is 5. The van der Waals surface area contributed by atoms with E-state index in [9.17, 15) is 5.26 Å². The maximum Gasteiger partial charge on any atom is 0.164 e. The molecule has 7 heteroatoms. The highest BCUT2D eigenvalue weighted by Crippen LogP contribution is 2.37. The van der Waals surface area contributed by atoms with Gasteiger partial charge < -0.3 is 0 Å². The summed E-state index contributed by atoms with van der Waals surface area (Å²) in [5.41, 5.74) is 4.87. The molecule has 0 radical (unpaired) electrons. The molecule has 0 amide bonds. The first kappa shape index (κ1) is 13.0. The highest BCUT2D eigenvalue weighted by molar-refractivity contribution is 9.10. The Morgan fingerprint density at radius 1 is 1.32 bits per heavy atom. The summed E-state index contributed by atoms with van der Waals surface area (Å²) >= 11 is 3.46. The lowest BCUT2D eigenvalue weighted by molar-refractivity contribution is 0.955. The van der Waals surface area contributed by atoms with Crippen LogP contribution in [0.2, 0.25) is 0 Å². The molecular formula is C15H9BrN6. The van der Waals surface area contributed by atoms with E-state index in [4.69, 9.17) is 0 Å². The van der Waals surface area contributed by atoms with Gasteiger partial charge in [0, 0.05) is 22.7 Å². The van der Waals surface area contributed by atoms with Gasteiger partial charge in [-0.2, -0.15) is 15.5 Å². The van der Waals surface area contributed by atoms with Crippen molar-refractivity contribution in [1.82, 2.24) is 24.8 Å². The van der Waals surface area contributed by atoms with Crippen LogP contribution in [0.25, 0.3) is 27.7 Å². The van der Waals surface area contributed by atoms with Crippen LogP contribution in [0.4, 0.5) is 0 Å². The van der Waals surface area contributed by atoms with Gasteiger partial charge in [0.05, 0.1) is 21.7 Å². The Bertz CT molecular complexity index is 1070. The predicted molar refractivity (Wildman–Crippen MR) is 85.2 cm³/mol. The second kappa shape index (κ2) is 4.64. The summed E-state index contributed by atoms with van der Waals surface area (Å²) in [7, 11) is 0. The Morgan fingerprint density at radius 2 is 2.18 bits per heavy atom. The Labute approximate surface area is 133 Å². The van der Waals surface area contributed by atoms with Crippen LogP contribution in [0.5, 0.6) is 0 Å². The normalized spacial score (nSPS) is 11.1. The van der Waals surface area contributed by atoms with E-state index in [1.807, 2.05) is 19.1 Å². The standard InChI is InChI=1S/C15H9BrN6/c1-8-2-3-12-10(5-19-21-12)13(8)14-9(4-17)11(16)6-22-15(14)18-7-20-22/h2-3,5-7H,1H3,(H,19,21). The molecular weight excluding hydrogens is 344 g/mol. The zero-order valence-corrected chi connectivity index (χ0v) is 13.1. The number of halogens is 1. The number of H-pyrrole nitrogens is 1. The van der Waals surface area contributed by atoms with E-state index in [2.05, 4.69) is 42.3 Å². The van der Waals surface area contributed by atoms with E-state index in [1.54, 1.807) is 16.9 Å². The van der Waals surface area contributed by atoms with Gasteiger partial charge in [-0.3, -0.25) is 5.10 Å². The van der Waals surface area contributed by atoms with Gasteiger partial charge in [-0.15, -0.1) is 0 Å². The van der Waals surface area contributed by atoms with Crippen molar-refractivity contribution in [2.75, 3.05) is 0 Å². The number of pyridine rings is 1. The number of aryl methyl sites for hydroxylation is 1. The first-order valence-electron chi connectivity index (χ1n) is 6.55. The van der Waals surface area contributed by atoms with Gasteiger partial charge in [0.2, 0.25) is 0 Å². The fourth-order valence-corrected chi connectivity index (χ4v) is 3.21. The van der Waals surface area contributed by atoms with E-state index in [0.29, 0.717) is 15.7 Å². The summed E-state index contributed by atoms with van der Waals surface area (Å²) in [6, 6.07) is 6.25. The molecule has 3 heterocycles. The Kier molecular flexibility index (Phi) is 2.74. The third-order valence-corrected chi connectivity index (χ3v) is 4.32. The van der Waals surface area contributed by atoms with Gasteiger partial charge in [-0.05, 0) is 34.5 Å². The fraction of sp³-hybridized carbons (Fsp3) is 0.0667. The molecule has 0 aliphatic carbocycles. The summed E-state index contributed by atoms with van der Waals surface area (Å²) in [5, 5.41) is 21.8. The molecule has 4 aromatic rings. The van der Waals surface area contributed by atoms with Crippen LogP contribution in [-0.4, -0.2) is 24.8 Å². The van der Waals surface area contributed by atoms with E-state index >= 15 is 0 Å². The number of hydrogen-bond donors (Lipinski definition) is 1. The molecule has 0 aliphatic rings. The fourth-order valence-electron chi connectivity index (χ4n) is 2.73. The van der Waals surface area contributed by atoms with Gasteiger partial charge in [0.15, 0.2) is 5.65 Å². The maximum absolute atomic E-state index is 9.61. The number of nitrogens with zero attached hydrogens (tertiary/aromatic N) is 5. The number of nitriles is 1. The molecule has 106 valence electrons. The van der Waals surface area contributed by atoms with Gasteiger partial charge in [0.1, 0.15) is 12.4 Å². The number of benzene rings is 1. The molecule has 3 aromatic heterocycles. The minimum absolute atomic E-state index is 0.539. The molecule has 1 aromatic carbocycles. The molecule has 1 N–H and O–H groups in total. The summed E-state index contributed by atoms with van der Waals surface area (Å²) in [4.78, 5) is 4.33. The van der Waals surface area contributed by atoms with Crippen LogP contribution in [0, 0.1) is 18.3 Å². The van der Waals surface area contributed by atoms with Crippen molar-refractivity contribution < 1.29 is 0 Å². The molecule has 0 fully saturated rings. The van der Waals surface area contributed by atoms with Crippen LogP contribution in [0.1, 0.15) is 11.1 Å². The highest BCUT2D eigenvalue weighted by Gasteiger charge is 2.20. The van der Waals surface area contributed by atoms with Crippen LogP contribution >= 0.6 is 15.9 Å². The van der Waals surface area contributed by atoms with E-state index in [0.717, 1.165) is 27.6 Å². The SMILES string of the molecule is Cc1ccc2[nH]ncc2c1-c1c(C#N)c(Br)cn2ncnc12. The first-order chi connectivity index (χ1) is 10.7. The van der Waals surface area contributed by atoms with Crippen molar-refractivity contribution in [3.05, 3.63) is 46.5 Å². The molecule has 0 atom stereocenters. The number of fused-ring (bicyclic) bond motifs is 2. The van der Waals surface area contributed by atoms with Crippen molar-refractivity contribution in [1.29, 1.82) is 5.26 Å². The van der Waals surface area contributed by atoms with Crippen molar-refractivity contribution in [2.45, 2.75) is 6.92 Å². The lowest BCUT2D eigenvalue weighted by Crippen LogP contribution is -1.98. The molecule has 0 saturated carbocycles. The van der Waals surface area contributed by atoms with Crippen molar-refractivity contribution in [2.24, 2.45) is 0 Å². The quantitative estimate of drug-likeness (QED) is 0.570. The number of rotatable bonds is 1. The van der Waals surface area contributed by atoms with Crippen molar-refractivity contribution in [3.63, 3.8) is 0 Å². The van der Waals surface area contributed by atoms with Gasteiger partial charge in [-0.1, -0.05) is 6.07 Å². The lowest BCUT2D eigenvalue weighted by atomic mass is 9.94. The molecule has 0 saturated heterocycles. The van der Waals surface area contributed by atoms with Crippen LogP contribution < -0.4 is 0 Å². The molecule has 0 aliphatic heterocycles. The van der Waals surface area contributed by atoms with Crippen molar-refractivity contribution >= 4 is 32.5 Å². The second-order valence-corrected chi connectivity index (χ2v) is 5.81. The van der Waals surface area contributed by atoms with E-state index < -0.39 is 0 Å². The Balaban J connectivity index is 2.26. The predicted octanol–water partition coefficient (Wildman–Crippen LogP) is 3.22. The van der Waals surface area contributed by atoms with Crippen LogP contribution in [0.15, 0.2) is 35.3 Å². The Morgan fingerprint density at radius 3 is 3.00 bits per heavy atom. The van der Waals surface area contributed by atoms with Gasteiger partial charge in [0.25, 0.3) is 0 Å². The number of hydrogen-bond acceptors (Lipinski definition) is 4. The maximum atomic E-state index is 9.61. The molecule has 0 bridgehead atoms. The smallest absolute Gasteiger partial charge is 0.164 e. The topological polar surface area (TPSA) is 82.7 Å². The molecule has 22 heavy (non-hydrogen) atoms. The number of nitrogens with one attached hydrogen (secondary N) is 1. The first-order valence-corrected chi connectivity index (χ1v) is 7.35. The largest absolute Gasteiger partial charge is 0.278 e. The summed E-state index contributed by atoms with van der Waals surface area (Å²) in [6.07, 6.45) is 5.00. The van der Waals surface area contributed by atoms with E-state index in [1.165, 1.54) is 6.33 Å². The Hall–Kier alpha value is -2.72. The monoisotopic (exact) mass is 352 g/mol. The summed E-state index contributed by atoms with van der Waals surface area (Å²) < 4.78 is 2.35. The average Bonchev–Trinajstić information content (AvgIpc) is 3.14. The van der Waals surface area contributed by atoms with E-state index in [-0.39, 0.29) is 0 Å².